The minimum atomic E-state index is -0.160. The molecule has 2 aromatic carbocycles. The summed E-state index contributed by atoms with van der Waals surface area (Å²) in [5.74, 6) is 1.98. The molecule has 1 aliphatic heterocycles. The molecule has 38 heavy (non-hydrogen) atoms. The van der Waals surface area contributed by atoms with Gasteiger partial charge in [-0.3, -0.25) is 9.69 Å². The Bertz CT molecular complexity index is 1270. The molecule has 0 saturated carbocycles. The van der Waals surface area contributed by atoms with Crippen LogP contribution in [0.2, 0.25) is 0 Å². The number of aromatic nitrogens is 1. The molecule has 1 aromatic heterocycles. The van der Waals surface area contributed by atoms with Gasteiger partial charge in [-0.05, 0) is 62.0 Å². The van der Waals surface area contributed by atoms with E-state index >= 15 is 0 Å². The first-order chi connectivity index (χ1) is 18.5. The smallest absolute Gasteiger partial charge is 0.253 e. The van der Waals surface area contributed by atoms with Crippen molar-refractivity contribution < 1.29 is 18.9 Å². The van der Waals surface area contributed by atoms with Crippen molar-refractivity contribution in [1.82, 2.24) is 14.8 Å². The second-order valence-electron chi connectivity index (χ2n) is 9.03. The molecule has 1 fully saturated rings. The van der Waals surface area contributed by atoms with Gasteiger partial charge in [0.1, 0.15) is 5.75 Å². The number of fused-ring (bicyclic) bond motifs is 1. The van der Waals surface area contributed by atoms with Crippen LogP contribution in [0, 0.1) is 0 Å². The first kappa shape index (κ1) is 27.7. The molecule has 0 atom stereocenters. The van der Waals surface area contributed by atoms with Crippen LogP contribution in [0.1, 0.15) is 18.9 Å². The normalized spacial score (nSPS) is 13.8. The quantitative estimate of drug-likeness (QED) is 0.352. The van der Waals surface area contributed by atoms with Crippen molar-refractivity contribution in [2.24, 2.45) is 0 Å². The Morgan fingerprint density at radius 2 is 1.82 bits per heavy atom. The third kappa shape index (κ3) is 7.15. The molecule has 0 spiro atoms. The van der Waals surface area contributed by atoms with E-state index in [4.69, 9.17) is 31.2 Å². The maximum absolute atomic E-state index is 13.1. The number of anilines is 1. The van der Waals surface area contributed by atoms with Crippen molar-refractivity contribution in [2.45, 2.75) is 19.9 Å². The minimum absolute atomic E-state index is 0.160. The van der Waals surface area contributed by atoms with Crippen molar-refractivity contribution in [3.8, 4) is 17.2 Å². The van der Waals surface area contributed by atoms with E-state index in [1.165, 1.54) is 0 Å². The van der Waals surface area contributed by atoms with Gasteiger partial charge in [-0.25, -0.2) is 0 Å². The number of ether oxygens (including phenoxy) is 4. The summed E-state index contributed by atoms with van der Waals surface area (Å²) in [6.45, 7) is 7.98. The van der Waals surface area contributed by atoms with Gasteiger partial charge < -0.3 is 34.1 Å². The van der Waals surface area contributed by atoms with E-state index in [1.54, 1.807) is 20.3 Å². The van der Waals surface area contributed by atoms with Crippen LogP contribution >= 0.6 is 12.2 Å². The summed E-state index contributed by atoms with van der Waals surface area (Å²) < 4.78 is 21.8. The van der Waals surface area contributed by atoms with Gasteiger partial charge in [-0.2, -0.15) is 0 Å². The third-order valence-corrected chi connectivity index (χ3v) is 6.86. The van der Waals surface area contributed by atoms with E-state index in [9.17, 15) is 4.79 Å². The number of benzene rings is 2. The molecule has 0 aliphatic carbocycles. The summed E-state index contributed by atoms with van der Waals surface area (Å²) in [4.78, 5) is 20.5. The summed E-state index contributed by atoms with van der Waals surface area (Å²) in [5.41, 5.74) is 2.00. The number of rotatable bonds is 11. The fourth-order valence-corrected chi connectivity index (χ4v) is 4.74. The van der Waals surface area contributed by atoms with Crippen LogP contribution < -0.4 is 25.1 Å². The van der Waals surface area contributed by atoms with E-state index in [1.807, 2.05) is 48.2 Å². The van der Waals surface area contributed by atoms with E-state index < -0.39 is 0 Å². The number of thiocarbonyl (C=S) groups is 1. The highest BCUT2D eigenvalue weighted by atomic mass is 32.1. The molecular formula is C28H36N4O5S. The SMILES string of the molecule is CCOc1ccc(NC(=S)N(CCCN2CCOCC2)Cc2cc3cc(OC)c(OC)cc3[nH]c2=O)cc1. The van der Waals surface area contributed by atoms with Crippen LogP contribution in [0.25, 0.3) is 10.9 Å². The van der Waals surface area contributed by atoms with Crippen LogP contribution in [0.15, 0.2) is 47.3 Å². The maximum atomic E-state index is 13.1. The second kappa shape index (κ2) is 13.5. The van der Waals surface area contributed by atoms with E-state index in [0.29, 0.717) is 47.4 Å². The van der Waals surface area contributed by atoms with Gasteiger partial charge in [-0.15, -0.1) is 0 Å². The minimum Gasteiger partial charge on any atom is -0.494 e. The Labute approximate surface area is 228 Å². The van der Waals surface area contributed by atoms with Crippen LogP contribution in [0.5, 0.6) is 17.2 Å². The molecule has 0 radical (unpaired) electrons. The number of morpholine rings is 1. The van der Waals surface area contributed by atoms with Gasteiger partial charge in [0.2, 0.25) is 0 Å². The molecular weight excluding hydrogens is 504 g/mol. The highest BCUT2D eigenvalue weighted by Gasteiger charge is 2.17. The predicted octanol–water partition coefficient (Wildman–Crippen LogP) is 3.87. The van der Waals surface area contributed by atoms with Gasteiger partial charge in [0.15, 0.2) is 16.6 Å². The van der Waals surface area contributed by atoms with Gasteiger partial charge in [0.25, 0.3) is 5.56 Å². The summed E-state index contributed by atoms with van der Waals surface area (Å²) in [7, 11) is 3.17. The third-order valence-electron chi connectivity index (χ3n) is 6.50. The Balaban J connectivity index is 1.53. The van der Waals surface area contributed by atoms with Crippen molar-refractivity contribution in [3.63, 3.8) is 0 Å². The lowest BCUT2D eigenvalue weighted by Crippen LogP contribution is -2.40. The molecule has 1 saturated heterocycles. The standard InChI is InChI=1S/C28H36N4O5S/c1-4-37-23-8-6-22(7-9-23)29-28(38)32(11-5-10-31-12-14-36-15-13-31)19-21-16-20-17-25(34-2)26(35-3)18-24(20)30-27(21)33/h6-9,16-18H,4-5,10-15,19H2,1-3H3,(H,29,38)(H,30,33). The molecule has 204 valence electrons. The van der Waals surface area contributed by atoms with Crippen LogP contribution in [0.3, 0.4) is 0 Å². The average molecular weight is 541 g/mol. The Morgan fingerprint density at radius 3 is 2.50 bits per heavy atom. The van der Waals surface area contributed by atoms with Crippen LogP contribution in [-0.4, -0.2) is 80.1 Å². The second-order valence-corrected chi connectivity index (χ2v) is 9.42. The van der Waals surface area contributed by atoms with Gasteiger partial charge in [0, 0.05) is 48.9 Å². The van der Waals surface area contributed by atoms with Crippen LogP contribution in [0.4, 0.5) is 5.69 Å². The number of methoxy groups -OCH3 is 2. The number of nitrogens with one attached hydrogen (secondary N) is 2. The number of aromatic amines is 1. The first-order valence-corrected chi connectivity index (χ1v) is 13.3. The molecule has 2 N–H and O–H groups in total. The molecule has 10 heteroatoms. The Kier molecular flexibility index (Phi) is 9.80. The topological polar surface area (TPSA) is 88.3 Å². The van der Waals surface area contributed by atoms with Crippen molar-refractivity contribution in [2.75, 3.05) is 65.5 Å². The van der Waals surface area contributed by atoms with Crippen molar-refractivity contribution in [3.05, 3.63) is 58.4 Å². The molecule has 3 aromatic rings. The summed E-state index contributed by atoms with van der Waals surface area (Å²) in [6, 6.07) is 13.2. The van der Waals surface area contributed by atoms with E-state index in [2.05, 4.69) is 15.2 Å². The fraction of sp³-hybridized carbons (Fsp3) is 0.429. The van der Waals surface area contributed by atoms with E-state index in [-0.39, 0.29) is 5.56 Å². The first-order valence-electron chi connectivity index (χ1n) is 12.9. The number of H-pyrrole nitrogens is 1. The average Bonchev–Trinajstić information content (AvgIpc) is 2.93. The molecule has 9 nitrogen and oxygen atoms in total. The van der Waals surface area contributed by atoms with Crippen molar-refractivity contribution >= 4 is 33.9 Å². The highest BCUT2D eigenvalue weighted by molar-refractivity contribution is 7.80. The molecule has 2 heterocycles. The predicted molar refractivity (Wildman–Crippen MR) is 154 cm³/mol. The number of pyridine rings is 1. The number of hydrogen-bond donors (Lipinski definition) is 2. The van der Waals surface area contributed by atoms with Crippen molar-refractivity contribution in [1.29, 1.82) is 0 Å². The summed E-state index contributed by atoms with van der Waals surface area (Å²) in [5, 5.41) is 4.75. The van der Waals surface area contributed by atoms with Gasteiger partial charge >= 0.3 is 0 Å². The van der Waals surface area contributed by atoms with Gasteiger partial charge in [-0.1, -0.05) is 0 Å². The van der Waals surface area contributed by atoms with Gasteiger partial charge in [0.05, 0.1) is 46.1 Å². The molecule has 0 bridgehead atoms. The summed E-state index contributed by atoms with van der Waals surface area (Å²) in [6.07, 6.45) is 0.904. The molecule has 0 unspecified atom stereocenters. The monoisotopic (exact) mass is 540 g/mol. The number of nitrogens with zero attached hydrogens (tertiary/aromatic N) is 2. The lowest BCUT2D eigenvalue weighted by molar-refractivity contribution is 0.0367. The highest BCUT2D eigenvalue weighted by Crippen LogP contribution is 2.31. The number of hydrogen-bond acceptors (Lipinski definition) is 7. The molecule has 1 aliphatic rings. The fourth-order valence-electron chi connectivity index (χ4n) is 4.47. The summed E-state index contributed by atoms with van der Waals surface area (Å²) >= 11 is 5.82. The lowest BCUT2D eigenvalue weighted by Gasteiger charge is -2.29. The Morgan fingerprint density at radius 1 is 1.11 bits per heavy atom. The molecule has 0 amide bonds. The molecule has 4 rings (SSSR count). The van der Waals surface area contributed by atoms with E-state index in [0.717, 1.165) is 56.1 Å². The lowest BCUT2D eigenvalue weighted by atomic mass is 10.1. The zero-order valence-corrected chi connectivity index (χ0v) is 23.1. The van der Waals surface area contributed by atoms with Crippen LogP contribution in [-0.2, 0) is 11.3 Å². The largest absolute Gasteiger partial charge is 0.494 e. The maximum Gasteiger partial charge on any atom is 0.253 e. The zero-order valence-electron chi connectivity index (χ0n) is 22.2. The zero-order chi connectivity index (χ0) is 26.9. The Hall–Kier alpha value is -3.34.